The van der Waals surface area contributed by atoms with Crippen LogP contribution in [-0.2, 0) is 0 Å². The molecule has 0 spiro atoms. The molecule has 0 aliphatic carbocycles. The molecule has 0 aliphatic rings. The van der Waals surface area contributed by atoms with Gasteiger partial charge in [-0.2, -0.15) is 0 Å². The predicted molar refractivity (Wildman–Crippen MR) is 83.4 cm³/mol. The summed E-state index contributed by atoms with van der Waals surface area (Å²) in [6.07, 6.45) is 1.70. The second-order valence-corrected chi connectivity index (χ2v) is 5.07. The summed E-state index contributed by atoms with van der Waals surface area (Å²) in [4.78, 5) is 8.86. The zero-order valence-corrected chi connectivity index (χ0v) is 12.1. The van der Waals surface area contributed by atoms with Crippen LogP contribution in [0.25, 0.3) is 10.9 Å². The van der Waals surface area contributed by atoms with Gasteiger partial charge < -0.3 is 10.5 Å². The fourth-order valence-corrected chi connectivity index (χ4v) is 2.24. The van der Waals surface area contributed by atoms with Crippen molar-refractivity contribution in [1.82, 2.24) is 9.97 Å². The van der Waals surface area contributed by atoms with Crippen molar-refractivity contribution >= 4 is 10.9 Å². The van der Waals surface area contributed by atoms with E-state index in [0.29, 0.717) is 11.6 Å². The molecule has 106 valence electrons. The van der Waals surface area contributed by atoms with Gasteiger partial charge in [-0.25, -0.2) is 9.97 Å². The molecule has 0 aliphatic heterocycles. The van der Waals surface area contributed by atoms with Crippen LogP contribution in [0.4, 0.5) is 0 Å². The van der Waals surface area contributed by atoms with Crippen LogP contribution in [0.2, 0.25) is 0 Å². The van der Waals surface area contributed by atoms with Crippen LogP contribution in [0.5, 0.6) is 11.6 Å². The van der Waals surface area contributed by atoms with Gasteiger partial charge in [0.1, 0.15) is 5.52 Å². The second-order valence-electron chi connectivity index (χ2n) is 5.07. The van der Waals surface area contributed by atoms with Gasteiger partial charge >= 0.3 is 0 Å². The van der Waals surface area contributed by atoms with E-state index in [1.807, 2.05) is 56.3 Å². The Labute approximate surface area is 123 Å². The van der Waals surface area contributed by atoms with Gasteiger partial charge in [-0.15, -0.1) is 0 Å². The minimum atomic E-state index is -0.140. The highest BCUT2D eigenvalue weighted by Crippen LogP contribution is 2.30. The number of hydrogen-bond acceptors (Lipinski definition) is 4. The maximum atomic E-state index is 5.99. The van der Waals surface area contributed by atoms with Crippen molar-refractivity contribution in [3.63, 3.8) is 0 Å². The Hall–Kier alpha value is -2.46. The average molecular weight is 279 g/mol. The Morgan fingerprint density at radius 3 is 2.76 bits per heavy atom. The maximum absolute atomic E-state index is 5.99. The van der Waals surface area contributed by atoms with Crippen molar-refractivity contribution in [2.24, 2.45) is 5.73 Å². The molecule has 3 aromatic rings. The summed E-state index contributed by atoms with van der Waals surface area (Å²) in [6, 6.07) is 13.5. The van der Waals surface area contributed by atoms with Crippen molar-refractivity contribution in [1.29, 1.82) is 0 Å². The zero-order valence-electron chi connectivity index (χ0n) is 12.1. The van der Waals surface area contributed by atoms with Crippen LogP contribution in [0.15, 0.2) is 48.7 Å². The number of pyridine rings is 2. The second kappa shape index (κ2) is 5.50. The number of aromatic nitrogens is 2. The number of fused-ring (bicyclic) bond motifs is 1. The zero-order chi connectivity index (χ0) is 14.8. The van der Waals surface area contributed by atoms with Crippen LogP contribution in [0.1, 0.15) is 24.2 Å². The SMILES string of the molecule is Cc1ccc2cccc(Oc3ncccc3[C@@H](C)N)c2n1. The molecule has 21 heavy (non-hydrogen) atoms. The lowest BCUT2D eigenvalue weighted by atomic mass is 10.1. The highest BCUT2D eigenvalue weighted by Gasteiger charge is 2.12. The first-order valence-electron chi connectivity index (χ1n) is 6.90. The number of rotatable bonds is 3. The molecule has 2 heterocycles. The maximum Gasteiger partial charge on any atom is 0.224 e. The van der Waals surface area contributed by atoms with E-state index in [-0.39, 0.29) is 6.04 Å². The number of hydrogen-bond donors (Lipinski definition) is 1. The van der Waals surface area contributed by atoms with Gasteiger partial charge in [-0.05, 0) is 32.0 Å². The minimum Gasteiger partial charge on any atom is -0.436 e. The first-order valence-corrected chi connectivity index (χ1v) is 6.90. The molecule has 0 saturated heterocycles. The molecule has 3 rings (SSSR count). The van der Waals surface area contributed by atoms with E-state index in [1.165, 1.54) is 0 Å². The summed E-state index contributed by atoms with van der Waals surface area (Å²) in [5.41, 5.74) is 8.63. The van der Waals surface area contributed by atoms with Gasteiger partial charge in [-0.1, -0.05) is 24.3 Å². The van der Waals surface area contributed by atoms with Gasteiger partial charge in [0.25, 0.3) is 0 Å². The summed E-state index contributed by atoms with van der Waals surface area (Å²) < 4.78 is 5.99. The van der Waals surface area contributed by atoms with Crippen molar-refractivity contribution in [2.45, 2.75) is 19.9 Å². The van der Waals surface area contributed by atoms with Gasteiger partial charge in [0.05, 0.1) is 0 Å². The number of para-hydroxylation sites is 1. The lowest BCUT2D eigenvalue weighted by molar-refractivity contribution is 0.456. The van der Waals surface area contributed by atoms with Gasteiger partial charge in [0.2, 0.25) is 5.88 Å². The molecular formula is C17H17N3O. The summed E-state index contributed by atoms with van der Waals surface area (Å²) in [6.45, 7) is 3.87. The topological polar surface area (TPSA) is 61.0 Å². The van der Waals surface area contributed by atoms with Crippen LogP contribution in [0.3, 0.4) is 0 Å². The van der Waals surface area contributed by atoms with Crippen LogP contribution in [0, 0.1) is 6.92 Å². The Bertz CT molecular complexity index is 784. The highest BCUT2D eigenvalue weighted by atomic mass is 16.5. The molecule has 0 saturated carbocycles. The average Bonchev–Trinajstić information content (AvgIpc) is 2.48. The first kappa shape index (κ1) is 13.5. The fourth-order valence-electron chi connectivity index (χ4n) is 2.24. The Kier molecular flexibility index (Phi) is 3.54. The molecule has 0 fully saturated rings. The Morgan fingerprint density at radius 1 is 1.10 bits per heavy atom. The van der Waals surface area contributed by atoms with Crippen molar-refractivity contribution in [2.75, 3.05) is 0 Å². The monoisotopic (exact) mass is 279 g/mol. The molecule has 0 radical (unpaired) electrons. The lowest BCUT2D eigenvalue weighted by Gasteiger charge is -2.13. The van der Waals surface area contributed by atoms with Gasteiger partial charge in [0.15, 0.2) is 5.75 Å². The molecule has 0 bridgehead atoms. The summed E-state index contributed by atoms with van der Waals surface area (Å²) >= 11 is 0. The lowest BCUT2D eigenvalue weighted by Crippen LogP contribution is -2.07. The highest BCUT2D eigenvalue weighted by molar-refractivity contribution is 5.84. The normalized spacial score (nSPS) is 12.3. The van der Waals surface area contributed by atoms with Crippen LogP contribution < -0.4 is 10.5 Å². The number of nitrogens with two attached hydrogens (primary N) is 1. The molecule has 2 aromatic heterocycles. The molecule has 4 nitrogen and oxygen atoms in total. The Balaban J connectivity index is 2.08. The van der Waals surface area contributed by atoms with Crippen LogP contribution >= 0.6 is 0 Å². The van der Waals surface area contributed by atoms with Gasteiger partial charge in [0, 0.05) is 28.9 Å². The number of aryl methyl sites for hydroxylation is 1. The molecule has 0 unspecified atom stereocenters. The standard InChI is InChI=1S/C17H17N3O/c1-11-8-9-13-5-3-7-15(16(13)20-11)21-17-14(12(2)18)6-4-10-19-17/h3-10,12H,18H2,1-2H3/t12-/m1/s1. The van der Waals surface area contributed by atoms with Crippen LogP contribution in [-0.4, -0.2) is 9.97 Å². The number of benzene rings is 1. The fraction of sp³-hybridized carbons (Fsp3) is 0.176. The first-order chi connectivity index (χ1) is 10.1. The van der Waals surface area contributed by atoms with E-state index < -0.39 is 0 Å². The third-order valence-electron chi connectivity index (χ3n) is 3.32. The number of nitrogens with zero attached hydrogens (tertiary/aromatic N) is 2. The van der Waals surface area contributed by atoms with E-state index in [1.54, 1.807) is 6.20 Å². The molecule has 0 amide bonds. The molecule has 1 atom stereocenters. The quantitative estimate of drug-likeness (QED) is 0.793. The molecule has 2 N–H and O–H groups in total. The third kappa shape index (κ3) is 2.71. The van der Waals surface area contributed by atoms with E-state index in [4.69, 9.17) is 10.5 Å². The van der Waals surface area contributed by atoms with Gasteiger partial charge in [-0.3, -0.25) is 0 Å². The number of ether oxygens (including phenoxy) is 1. The van der Waals surface area contributed by atoms with Crippen molar-refractivity contribution in [3.05, 3.63) is 59.9 Å². The van der Waals surface area contributed by atoms with E-state index in [0.717, 1.165) is 22.2 Å². The Morgan fingerprint density at radius 2 is 1.95 bits per heavy atom. The third-order valence-corrected chi connectivity index (χ3v) is 3.32. The van der Waals surface area contributed by atoms with E-state index >= 15 is 0 Å². The van der Waals surface area contributed by atoms with Crippen molar-refractivity contribution < 1.29 is 4.74 Å². The summed E-state index contributed by atoms with van der Waals surface area (Å²) in [7, 11) is 0. The largest absolute Gasteiger partial charge is 0.436 e. The summed E-state index contributed by atoms with van der Waals surface area (Å²) in [5, 5.41) is 1.04. The predicted octanol–water partition coefficient (Wildman–Crippen LogP) is 3.75. The van der Waals surface area contributed by atoms with E-state index in [9.17, 15) is 0 Å². The smallest absolute Gasteiger partial charge is 0.224 e. The van der Waals surface area contributed by atoms with Crippen molar-refractivity contribution in [3.8, 4) is 11.6 Å². The van der Waals surface area contributed by atoms with E-state index in [2.05, 4.69) is 9.97 Å². The molecule has 1 aromatic carbocycles. The molecular weight excluding hydrogens is 262 g/mol. The minimum absolute atomic E-state index is 0.140. The summed E-state index contributed by atoms with van der Waals surface area (Å²) in [5.74, 6) is 1.22. The molecule has 4 heteroatoms.